The zero-order chi connectivity index (χ0) is 14.7. The molecular formula is C10H21O8P. The summed E-state index contributed by atoms with van der Waals surface area (Å²) in [5.41, 5.74) is 0. The Morgan fingerprint density at radius 2 is 2.00 bits per heavy atom. The summed E-state index contributed by atoms with van der Waals surface area (Å²) in [6, 6.07) is 0. The second-order valence-electron chi connectivity index (χ2n) is 3.76. The number of aliphatic hydroxyl groups excluding tert-OH is 2. The fraction of sp³-hybridized carbons (Fsp3) is 0.900. The number of carbonyl (C=O) groups is 1. The smallest absolute Gasteiger partial charge is 0.463 e. The first-order valence-corrected chi connectivity index (χ1v) is 7.47. The van der Waals surface area contributed by atoms with Crippen molar-refractivity contribution in [2.45, 2.75) is 32.3 Å². The number of aliphatic hydroxyl groups is 2. The van der Waals surface area contributed by atoms with Gasteiger partial charge in [-0.2, -0.15) is 0 Å². The van der Waals surface area contributed by atoms with Crippen LogP contribution in [0.4, 0.5) is 0 Å². The van der Waals surface area contributed by atoms with Crippen molar-refractivity contribution in [3.05, 3.63) is 0 Å². The predicted molar refractivity (Wildman–Crippen MR) is 65.3 cm³/mol. The highest BCUT2D eigenvalue weighted by Crippen LogP contribution is 2.42. The molecule has 0 saturated heterocycles. The van der Waals surface area contributed by atoms with Crippen molar-refractivity contribution >= 4 is 13.8 Å². The van der Waals surface area contributed by atoms with E-state index in [2.05, 4.69) is 9.05 Å². The Labute approximate surface area is 111 Å². The van der Waals surface area contributed by atoms with E-state index in [1.807, 2.05) is 6.92 Å². The number of hydrogen-bond acceptors (Lipinski definition) is 7. The molecule has 0 aliphatic carbocycles. The van der Waals surface area contributed by atoms with Gasteiger partial charge < -0.3 is 19.8 Å². The summed E-state index contributed by atoms with van der Waals surface area (Å²) in [6.07, 6.45) is 0.640. The van der Waals surface area contributed by atoms with Crippen LogP contribution in [0.2, 0.25) is 0 Å². The van der Waals surface area contributed by atoms with Crippen LogP contribution in [0.1, 0.15) is 26.2 Å². The van der Waals surface area contributed by atoms with Gasteiger partial charge in [-0.3, -0.25) is 13.8 Å². The van der Waals surface area contributed by atoms with E-state index in [4.69, 9.17) is 19.8 Å². The lowest BCUT2D eigenvalue weighted by atomic mass is 10.2. The Kier molecular flexibility index (Phi) is 10.0. The maximum absolute atomic E-state index is 11.2. The van der Waals surface area contributed by atoms with Gasteiger partial charge in [-0.15, -0.1) is 0 Å². The van der Waals surface area contributed by atoms with Gasteiger partial charge in [0.1, 0.15) is 12.7 Å². The molecule has 3 N–H and O–H groups in total. The average molecular weight is 300 g/mol. The van der Waals surface area contributed by atoms with Gasteiger partial charge in [-0.1, -0.05) is 13.3 Å². The van der Waals surface area contributed by atoms with Gasteiger partial charge in [0.05, 0.1) is 19.8 Å². The van der Waals surface area contributed by atoms with E-state index < -0.39 is 33.1 Å². The van der Waals surface area contributed by atoms with Gasteiger partial charge >= 0.3 is 13.8 Å². The minimum Gasteiger partial charge on any atom is -0.463 e. The average Bonchev–Trinajstić information content (AvgIpc) is 2.38. The molecule has 0 fully saturated rings. The molecule has 19 heavy (non-hydrogen) atoms. The predicted octanol–water partition coefficient (Wildman–Crippen LogP) is 0.207. The number of phosphoric acid groups is 1. The van der Waals surface area contributed by atoms with E-state index in [0.717, 1.165) is 12.8 Å². The molecule has 8 nitrogen and oxygen atoms in total. The molecular weight excluding hydrogens is 279 g/mol. The van der Waals surface area contributed by atoms with E-state index in [0.29, 0.717) is 6.42 Å². The molecule has 0 aliphatic heterocycles. The van der Waals surface area contributed by atoms with E-state index in [1.54, 1.807) is 0 Å². The normalized spacial score (nSPS) is 15.8. The second-order valence-corrected chi connectivity index (χ2v) is 5.21. The monoisotopic (exact) mass is 300 g/mol. The third-order valence-corrected chi connectivity index (χ3v) is 2.96. The molecule has 2 atom stereocenters. The van der Waals surface area contributed by atoms with Crippen molar-refractivity contribution in [2.75, 3.05) is 26.4 Å². The zero-order valence-corrected chi connectivity index (χ0v) is 11.8. The molecule has 0 heterocycles. The van der Waals surface area contributed by atoms with Crippen LogP contribution in [0.25, 0.3) is 0 Å². The third kappa shape index (κ3) is 11.1. The quantitative estimate of drug-likeness (QED) is 0.281. The molecule has 0 spiro atoms. The Bertz CT molecular complexity index is 295. The standard InChI is InChI=1S/C10H21O8P/c1-2-3-4-10(13)16-5-6-17-19(14,15)18-8-9(12)7-11/h9,11-12H,2-8H2,1H3,(H,14,15)/t9-/m0/s1. The SMILES string of the molecule is CCCCC(=O)OCCOP(=O)(O)OC[C@@H](O)CO. The summed E-state index contributed by atoms with van der Waals surface area (Å²) in [7, 11) is -4.30. The fourth-order valence-electron chi connectivity index (χ4n) is 0.972. The van der Waals surface area contributed by atoms with Crippen molar-refractivity contribution in [1.29, 1.82) is 0 Å². The number of ether oxygens (including phenoxy) is 1. The summed E-state index contributed by atoms with van der Waals surface area (Å²) < 4.78 is 24.9. The number of esters is 1. The van der Waals surface area contributed by atoms with Crippen LogP contribution in [0, 0.1) is 0 Å². The van der Waals surface area contributed by atoms with Gasteiger partial charge in [0.2, 0.25) is 0 Å². The summed E-state index contributed by atoms with van der Waals surface area (Å²) in [6.45, 7) is 0.381. The van der Waals surface area contributed by atoms with Gasteiger partial charge in [-0.05, 0) is 6.42 Å². The molecule has 0 bridgehead atoms. The zero-order valence-electron chi connectivity index (χ0n) is 10.9. The van der Waals surface area contributed by atoms with Crippen LogP contribution in [-0.4, -0.2) is 53.6 Å². The highest BCUT2D eigenvalue weighted by atomic mass is 31.2. The van der Waals surface area contributed by atoms with Crippen molar-refractivity contribution in [3.63, 3.8) is 0 Å². The fourth-order valence-corrected chi connectivity index (χ4v) is 1.71. The molecule has 1 unspecified atom stereocenters. The van der Waals surface area contributed by atoms with Crippen LogP contribution in [0.3, 0.4) is 0 Å². The van der Waals surface area contributed by atoms with E-state index in [1.165, 1.54) is 0 Å². The summed E-state index contributed by atoms with van der Waals surface area (Å²) >= 11 is 0. The van der Waals surface area contributed by atoms with Gasteiger partial charge in [-0.25, -0.2) is 4.57 Å². The van der Waals surface area contributed by atoms with Crippen LogP contribution < -0.4 is 0 Å². The minimum absolute atomic E-state index is 0.154. The Morgan fingerprint density at radius 3 is 2.58 bits per heavy atom. The highest BCUT2D eigenvalue weighted by Gasteiger charge is 2.22. The molecule has 0 aliphatic rings. The molecule has 0 amide bonds. The molecule has 0 aromatic heterocycles. The van der Waals surface area contributed by atoms with E-state index in [9.17, 15) is 9.36 Å². The molecule has 0 rings (SSSR count). The number of phosphoric ester groups is 1. The van der Waals surface area contributed by atoms with Crippen molar-refractivity contribution in [2.24, 2.45) is 0 Å². The largest absolute Gasteiger partial charge is 0.472 e. The van der Waals surface area contributed by atoms with Gasteiger partial charge in [0.15, 0.2) is 0 Å². The second kappa shape index (κ2) is 10.3. The maximum atomic E-state index is 11.2. The van der Waals surface area contributed by atoms with Crippen LogP contribution in [-0.2, 0) is 23.1 Å². The highest BCUT2D eigenvalue weighted by molar-refractivity contribution is 7.47. The lowest BCUT2D eigenvalue weighted by Gasteiger charge is -2.14. The minimum atomic E-state index is -4.30. The lowest BCUT2D eigenvalue weighted by Crippen LogP contribution is -2.19. The van der Waals surface area contributed by atoms with Crippen LogP contribution in [0.15, 0.2) is 0 Å². The Balaban J connectivity index is 3.68. The lowest BCUT2D eigenvalue weighted by molar-refractivity contribution is -0.144. The van der Waals surface area contributed by atoms with Crippen molar-refractivity contribution in [3.8, 4) is 0 Å². The van der Waals surface area contributed by atoms with Crippen molar-refractivity contribution < 1.29 is 38.3 Å². The topological polar surface area (TPSA) is 123 Å². The number of rotatable bonds is 11. The van der Waals surface area contributed by atoms with Gasteiger partial charge in [0, 0.05) is 6.42 Å². The van der Waals surface area contributed by atoms with Crippen LogP contribution in [0.5, 0.6) is 0 Å². The van der Waals surface area contributed by atoms with Crippen LogP contribution >= 0.6 is 7.82 Å². The number of unbranched alkanes of at least 4 members (excludes halogenated alkanes) is 1. The molecule has 0 aromatic rings. The summed E-state index contributed by atoms with van der Waals surface area (Å²) in [5, 5.41) is 17.4. The van der Waals surface area contributed by atoms with E-state index in [-0.39, 0.29) is 13.2 Å². The number of carbonyl (C=O) groups excluding carboxylic acids is 1. The molecule has 0 saturated carbocycles. The first-order valence-electron chi connectivity index (χ1n) is 5.97. The summed E-state index contributed by atoms with van der Waals surface area (Å²) in [4.78, 5) is 20.2. The molecule has 0 aromatic carbocycles. The maximum Gasteiger partial charge on any atom is 0.472 e. The van der Waals surface area contributed by atoms with E-state index >= 15 is 0 Å². The third-order valence-electron chi connectivity index (χ3n) is 1.98. The Morgan fingerprint density at radius 1 is 1.32 bits per heavy atom. The molecule has 114 valence electrons. The first kappa shape index (κ1) is 18.5. The van der Waals surface area contributed by atoms with Gasteiger partial charge in [0.25, 0.3) is 0 Å². The van der Waals surface area contributed by atoms with Crippen molar-refractivity contribution in [1.82, 2.24) is 0 Å². The number of hydrogen-bond donors (Lipinski definition) is 3. The first-order chi connectivity index (χ1) is 8.91. The molecule has 0 radical (unpaired) electrons. The summed E-state index contributed by atoms with van der Waals surface area (Å²) in [5.74, 6) is -0.394. The Hall–Kier alpha value is -0.500. The molecule has 9 heteroatoms.